The molecule has 0 radical (unpaired) electrons. The van der Waals surface area contributed by atoms with Gasteiger partial charge >= 0.3 is 0 Å². The van der Waals surface area contributed by atoms with E-state index < -0.39 is 6.17 Å². The van der Waals surface area contributed by atoms with Crippen molar-refractivity contribution in [1.29, 1.82) is 0 Å². The van der Waals surface area contributed by atoms with Crippen molar-refractivity contribution in [2.24, 2.45) is 11.7 Å². The van der Waals surface area contributed by atoms with Gasteiger partial charge in [-0.2, -0.15) is 0 Å². The summed E-state index contributed by atoms with van der Waals surface area (Å²) < 4.78 is 13.2. The van der Waals surface area contributed by atoms with Gasteiger partial charge in [0.1, 0.15) is 6.17 Å². The van der Waals surface area contributed by atoms with Gasteiger partial charge < -0.3 is 5.73 Å². The van der Waals surface area contributed by atoms with E-state index in [1.54, 1.807) is 0 Å². The lowest BCUT2D eigenvalue weighted by Crippen LogP contribution is -2.44. The van der Waals surface area contributed by atoms with Crippen LogP contribution in [0.15, 0.2) is 0 Å². The summed E-state index contributed by atoms with van der Waals surface area (Å²) >= 11 is 0. The van der Waals surface area contributed by atoms with E-state index >= 15 is 0 Å². The highest BCUT2D eigenvalue weighted by Gasteiger charge is 2.27. The minimum atomic E-state index is -0.700. The van der Waals surface area contributed by atoms with Gasteiger partial charge in [0.05, 0.1) is 6.54 Å². The monoisotopic (exact) mass is 220 g/mol. The Labute approximate surface area is 93.3 Å². The Bertz CT molecular complexity index is 193. The number of primary amides is 1. The predicted molar refractivity (Wildman–Crippen MR) is 62.4 cm³/mol. The maximum absolute atomic E-state index is 13.2. The van der Waals surface area contributed by atoms with Crippen molar-refractivity contribution in [2.75, 3.05) is 19.6 Å². The predicted octanol–water partition coefficient (Wildman–Crippen LogP) is 1.81. The van der Waals surface area contributed by atoms with Crippen molar-refractivity contribution in [1.82, 2.24) is 4.90 Å². The van der Waals surface area contributed by atoms with Crippen molar-refractivity contribution in [3.63, 3.8) is 0 Å². The summed E-state index contributed by atoms with van der Waals surface area (Å²) in [6.07, 6.45) is 0.663. The van der Waals surface area contributed by atoms with Crippen LogP contribution in [0.3, 0.4) is 0 Å². The quantitative estimate of drug-likeness (QED) is 0.788. The maximum Gasteiger partial charge on any atom is 0.231 e. The summed E-state index contributed by atoms with van der Waals surface area (Å²) in [6, 6.07) is 0. The van der Waals surface area contributed by atoms with E-state index in [0.717, 1.165) is 6.42 Å². The number of likely N-dealkylation sites (tertiary alicyclic amines) is 1. The van der Waals surface area contributed by atoms with Gasteiger partial charge in [-0.05, 0) is 12.8 Å². The van der Waals surface area contributed by atoms with Crippen molar-refractivity contribution in [3.8, 4) is 0 Å². The SMILES string of the molecule is CC.CCC1CN(CC(N)=O)CCC1F.[HH]. The van der Waals surface area contributed by atoms with Gasteiger partial charge in [-0.25, -0.2) is 4.39 Å². The first-order valence-corrected chi connectivity index (χ1v) is 5.78. The number of alkyl halides is 1. The van der Waals surface area contributed by atoms with Crippen molar-refractivity contribution >= 4 is 5.91 Å². The fraction of sp³-hybridized carbons (Fsp3) is 0.909. The molecule has 3 nitrogen and oxygen atoms in total. The van der Waals surface area contributed by atoms with Gasteiger partial charge in [0, 0.05) is 20.4 Å². The van der Waals surface area contributed by atoms with Gasteiger partial charge in [0.15, 0.2) is 0 Å². The Morgan fingerprint density at radius 3 is 2.67 bits per heavy atom. The molecule has 1 amide bonds. The molecule has 2 N–H and O–H groups in total. The van der Waals surface area contributed by atoms with Crippen LogP contribution in [0.5, 0.6) is 0 Å². The average Bonchev–Trinajstić information content (AvgIpc) is 2.23. The normalized spacial score (nSPS) is 26.7. The van der Waals surface area contributed by atoms with E-state index in [-0.39, 0.29) is 19.8 Å². The zero-order valence-electron chi connectivity index (χ0n) is 10.0. The molecule has 0 aromatic carbocycles. The highest BCUT2D eigenvalue weighted by molar-refractivity contribution is 5.75. The van der Waals surface area contributed by atoms with Crippen LogP contribution in [0.1, 0.15) is 35.0 Å². The fourth-order valence-electron chi connectivity index (χ4n) is 1.83. The molecule has 1 aliphatic rings. The zero-order valence-corrected chi connectivity index (χ0v) is 10.0. The standard InChI is InChI=1S/C9H17FN2O.C2H6.H2/c1-2-7-5-12(6-9(11)13)4-3-8(7)10;1-2;/h7-8H,2-6H2,1H3,(H2,11,13);1-2H3;1H. The molecular formula is C11H25FN2O. The Morgan fingerprint density at radius 2 is 2.20 bits per heavy atom. The van der Waals surface area contributed by atoms with Crippen LogP contribution in [0, 0.1) is 5.92 Å². The minimum Gasteiger partial charge on any atom is -0.369 e. The Balaban J connectivity index is 0. The number of carbonyl (C=O) groups is 1. The zero-order chi connectivity index (χ0) is 11.8. The molecule has 92 valence electrons. The number of amides is 1. The van der Waals surface area contributed by atoms with Crippen LogP contribution in [-0.2, 0) is 4.79 Å². The molecule has 0 aromatic heterocycles. The van der Waals surface area contributed by atoms with Crippen LogP contribution in [0.25, 0.3) is 0 Å². The van der Waals surface area contributed by atoms with Gasteiger partial charge in [0.25, 0.3) is 0 Å². The molecule has 0 aliphatic carbocycles. The smallest absolute Gasteiger partial charge is 0.231 e. The van der Waals surface area contributed by atoms with E-state index in [0.29, 0.717) is 19.5 Å². The molecule has 15 heavy (non-hydrogen) atoms. The first-order chi connectivity index (χ1) is 7.13. The van der Waals surface area contributed by atoms with E-state index in [1.807, 2.05) is 25.7 Å². The Kier molecular flexibility index (Phi) is 7.30. The van der Waals surface area contributed by atoms with Gasteiger partial charge in [-0.3, -0.25) is 9.69 Å². The molecule has 0 spiro atoms. The van der Waals surface area contributed by atoms with E-state index in [1.165, 1.54) is 0 Å². The van der Waals surface area contributed by atoms with Crippen molar-refractivity contribution < 1.29 is 10.6 Å². The van der Waals surface area contributed by atoms with Crippen LogP contribution < -0.4 is 5.73 Å². The molecule has 1 saturated heterocycles. The molecule has 4 heteroatoms. The van der Waals surface area contributed by atoms with Crippen molar-refractivity contribution in [3.05, 3.63) is 0 Å². The van der Waals surface area contributed by atoms with Gasteiger partial charge in [0.2, 0.25) is 5.91 Å². The van der Waals surface area contributed by atoms with E-state index in [2.05, 4.69) is 0 Å². The number of nitrogens with two attached hydrogens (primary N) is 1. The number of rotatable bonds is 3. The average molecular weight is 220 g/mol. The first-order valence-electron chi connectivity index (χ1n) is 5.78. The lowest BCUT2D eigenvalue weighted by molar-refractivity contribution is -0.119. The molecule has 1 aliphatic heterocycles. The number of halogens is 1. The van der Waals surface area contributed by atoms with Crippen LogP contribution >= 0.6 is 0 Å². The Morgan fingerprint density at radius 1 is 1.60 bits per heavy atom. The van der Waals surface area contributed by atoms with Crippen LogP contribution in [-0.4, -0.2) is 36.6 Å². The molecule has 1 rings (SSSR count). The minimum absolute atomic E-state index is 0. The summed E-state index contributed by atoms with van der Waals surface area (Å²) in [5.74, 6) is -0.250. The lowest BCUT2D eigenvalue weighted by Gasteiger charge is -2.33. The largest absolute Gasteiger partial charge is 0.369 e. The molecule has 0 saturated carbocycles. The second kappa shape index (κ2) is 7.63. The van der Waals surface area contributed by atoms with Gasteiger partial charge in [-0.15, -0.1) is 0 Å². The fourth-order valence-corrected chi connectivity index (χ4v) is 1.83. The molecule has 2 atom stereocenters. The summed E-state index contributed by atoms with van der Waals surface area (Å²) in [5, 5.41) is 0. The summed E-state index contributed by atoms with van der Waals surface area (Å²) in [4.78, 5) is 12.6. The topological polar surface area (TPSA) is 46.3 Å². The van der Waals surface area contributed by atoms with E-state index in [4.69, 9.17) is 5.73 Å². The third-order valence-electron chi connectivity index (χ3n) is 2.63. The summed E-state index contributed by atoms with van der Waals surface area (Å²) in [5.41, 5.74) is 5.07. The first kappa shape index (κ1) is 14.4. The molecule has 2 unspecified atom stereocenters. The van der Waals surface area contributed by atoms with Crippen LogP contribution in [0.2, 0.25) is 0 Å². The lowest BCUT2D eigenvalue weighted by atomic mass is 9.93. The highest BCUT2D eigenvalue weighted by Crippen LogP contribution is 2.22. The summed E-state index contributed by atoms with van der Waals surface area (Å²) in [7, 11) is 0. The second-order valence-corrected chi connectivity index (χ2v) is 3.67. The summed E-state index contributed by atoms with van der Waals surface area (Å²) in [6.45, 7) is 7.56. The highest BCUT2D eigenvalue weighted by atomic mass is 19.1. The molecule has 0 bridgehead atoms. The third kappa shape index (κ3) is 5.11. The number of nitrogens with zero attached hydrogens (tertiary/aromatic N) is 1. The number of piperidine rings is 1. The van der Waals surface area contributed by atoms with Crippen LogP contribution in [0.4, 0.5) is 4.39 Å². The molecular weight excluding hydrogens is 195 g/mol. The van der Waals surface area contributed by atoms with Crippen molar-refractivity contribution in [2.45, 2.75) is 39.8 Å². The van der Waals surface area contributed by atoms with E-state index in [9.17, 15) is 9.18 Å². The molecule has 1 fully saturated rings. The number of hydrogen-bond donors (Lipinski definition) is 1. The van der Waals surface area contributed by atoms with Gasteiger partial charge in [-0.1, -0.05) is 20.8 Å². The molecule has 0 aromatic rings. The number of carbonyl (C=O) groups excluding carboxylic acids is 1. The molecule has 1 heterocycles. The third-order valence-corrected chi connectivity index (χ3v) is 2.63. The maximum atomic E-state index is 13.2. The Hall–Kier alpha value is -0.640. The second-order valence-electron chi connectivity index (χ2n) is 3.67. The number of hydrogen-bond acceptors (Lipinski definition) is 2.